The van der Waals surface area contributed by atoms with E-state index in [1.807, 2.05) is 54.6 Å². The van der Waals surface area contributed by atoms with Crippen LogP contribution in [0.25, 0.3) is 16.8 Å². The molecule has 0 amide bonds. The van der Waals surface area contributed by atoms with Gasteiger partial charge in [-0.15, -0.1) is 0 Å². The highest BCUT2D eigenvalue weighted by atomic mass is 32.1. The van der Waals surface area contributed by atoms with Gasteiger partial charge in [-0.2, -0.15) is 4.98 Å². The Kier molecular flexibility index (Phi) is 5.76. The van der Waals surface area contributed by atoms with Crippen LogP contribution in [-0.2, 0) is 0 Å². The number of anilines is 1. The van der Waals surface area contributed by atoms with Gasteiger partial charge in [0.05, 0.1) is 14.2 Å². The van der Waals surface area contributed by atoms with Gasteiger partial charge >= 0.3 is 0 Å². The second-order valence-corrected chi connectivity index (χ2v) is 6.85. The minimum absolute atomic E-state index is 0.461. The molecule has 0 bridgehead atoms. The maximum Gasteiger partial charge on any atom is 0.225 e. The summed E-state index contributed by atoms with van der Waals surface area (Å²) in [4.78, 5) is 8.72. The molecule has 2 aromatic heterocycles. The number of nitrogens with zero attached hydrogens (tertiary/aromatic N) is 2. The van der Waals surface area contributed by atoms with Gasteiger partial charge in [-0.05, 0) is 42.6 Å². The van der Waals surface area contributed by atoms with Crippen LogP contribution in [0.15, 0.2) is 70.9 Å². The van der Waals surface area contributed by atoms with Crippen molar-refractivity contribution in [3.8, 4) is 11.5 Å². The zero-order valence-corrected chi connectivity index (χ0v) is 17.3. The highest BCUT2D eigenvalue weighted by Gasteiger charge is 2.15. The van der Waals surface area contributed by atoms with Gasteiger partial charge in [0.1, 0.15) is 0 Å². The molecule has 0 unspecified atom stereocenters. The maximum atomic E-state index is 5.85. The van der Waals surface area contributed by atoms with Crippen LogP contribution in [0.2, 0.25) is 0 Å². The molecule has 2 N–H and O–H groups in total. The van der Waals surface area contributed by atoms with Crippen molar-refractivity contribution in [3.63, 3.8) is 0 Å². The number of oxazole rings is 1. The molecule has 7 nitrogen and oxygen atoms in total. The third-order valence-electron chi connectivity index (χ3n) is 4.44. The molecular weight excluding hydrogens is 400 g/mol. The normalized spacial score (nSPS) is 13.3. The Balaban J connectivity index is 1.45. The lowest BCUT2D eigenvalue weighted by molar-refractivity contribution is 0.355. The Bertz CT molecular complexity index is 1150. The first-order valence-corrected chi connectivity index (χ1v) is 9.65. The number of hydrogen-bond acceptors (Lipinski definition) is 6. The number of rotatable bonds is 5. The summed E-state index contributed by atoms with van der Waals surface area (Å²) >= 11 is 5.48. The lowest BCUT2D eigenvalue weighted by Crippen LogP contribution is -2.28. The zero-order chi connectivity index (χ0) is 20.9. The quantitative estimate of drug-likeness (QED) is 0.586. The Morgan fingerprint density at radius 2 is 1.90 bits per heavy atom. The molecule has 2 heterocycles. The first-order valence-electron chi connectivity index (χ1n) is 9.24. The van der Waals surface area contributed by atoms with E-state index < -0.39 is 0 Å². The second kappa shape index (κ2) is 8.79. The van der Waals surface area contributed by atoms with Crippen LogP contribution >= 0.6 is 12.2 Å². The van der Waals surface area contributed by atoms with Crippen molar-refractivity contribution in [3.05, 3.63) is 72.4 Å². The molecule has 0 aliphatic heterocycles. The molecule has 0 saturated heterocycles. The fraction of sp³-hybridized carbons (Fsp3) is 0.136. The van der Waals surface area contributed by atoms with Crippen LogP contribution in [0.4, 0.5) is 5.69 Å². The number of allylic oxidation sites excluding steroid dienone is 5. The van der Waals surface area contributed by atoms with Crippen LogP contribution in [-0.4, -0.2) is 29.3 Å². The number of pyridine rings is 1. The molecule has 0 spiro atoms. The average molecular weight is 420 g/mol. The summed E-state index contributed by atoms with van der Waals surface area (Å²) in [6.45, 7) is 0. The Labute approximate surface area is 179 Å². The molecule has 0 fully saturated rings. The summed E-state index contributed by atoms with van der Waals surface area (Å²) in [5.74, 6) is 1.82. The van der Waals surface area contributed by atoms with Crippen LogP contribution in [0, 0.1) is 0 Å². The first-order chi connectivity index (χ1) is 14.7. The summed E-state index contributed by atoms with van der Waals surface area (Å²) in [6.07, 6.45) is 10.1. The molecule has 1 aliphatic carbocycles. The fourth-order valence-electron chi connectivity index (χ4n) is 3.03. The highest BCUT2D eigenvalue weighted by Crippen LogP contribution is 2.30. The number of thiocarbonyl (C=S) groups is 1. The van der Waals surface area contributed by atoms with Crippen LogP contribution < -0.4 is 20.1 Å². The topological polar surface area (TPSA) is 81.4 Å². The van der Waals surface area contributed by atoms with E-state index in [0.29, 0.717) is 40.2 Å². The van der Waals surface area contributed by atoms with Gasteiger partial charge in [-0.3, -0.25) is 0 Å². The standard InChI is InChI=1S/C22H20N4O3S/c1-27-17-10-9-16(13-19(17)28-2)25-22(30)24-15-7-4-3-6-14(12-15)21-26-20-18(29-21)8-5-11-23-20/h3-11,13H,12H2,1-2H3,(H2,24,25,30). The van der Waals surface area contributed by atoms with Crippen LogP contribution in [0.5, 0.6) is 11.5 Å². The molecule has 0 saturated carbocycles. The molecule has 0 atom stereocenters. The van der Waals surface area contributed by atoms with E-state index in [4.69, 9.17) is 26.1 Å². The van der Waals surface area contributed by atoms with Crippen molar-refractivity contribution in [2.45, 2.75) is 6.42 Å². The Morgan fingerprint density at radius 1 is 1.07 bits per heavy atom. The van der Waals surface area contributed by atoms with Gasteiger partial charge < -0.3 is 24.5 Å². The van der Waals surface area contributed by atoms with Crippen LogP contribution in [0.3, 0.4) is 0 Å². The van der Waals surface area contributed by atoms with Crippen molar-refractivity contribution >= 4 is 39.8 Å². The molecule has 152 valence electrons. The molecule has 1 aromatic carbocycles. The molecular formula is C22H20N4O3S. The van der Waals surface area contributed by atoms with E-state index in [-0.39, 0.29) is 0 Å². The van der Waals surface area contributed by atoms with E-state index >= 15 is 0 Å². The molecule has 0 radical (unpaired) electrons. The minimum Gasteiger partial charge on any atom is -0.493 e. The molecule has 8 heteroatoms. The average Bonchev–Trinajstić information content (AvgIpc) is 3.06. The maximum absolute atomic E-state index is 5.85. The third-order valence-corrected chi connectivity index (χ3v) is 4.65. The van der Waals surface area contributed by atoms with Gasteiger partial charge in [0.2, 0.25) is 5.89 Å². The SMILES string of the molecule is COc1ccc(NC(=S)NC2=CC=CC=C(c3nc4ncccc4o3)C2)cc1OC. The third kappa shape index (κ3) is 4.33. The summed E-state index contributed by atoms with van der Waals surface area (Å²) in [5.41, 5.74) is 3.87. The number of nitrogens with one attached hydrogen (secondary N) is 2. The molecule has 1 aliphatic rings. The summed E-state index contributed by atoms with van der Waals surface area (Å²) in [7, 11) is 3.19. The van der Waals surface area contributed by atoms with Gasteiger partial charge in [-0.25, -0.2) is 4.98 Å². The van der Waals surface area contributed by atoms with Crippen LogP contribution in [0.1, 0.15) is 12.3 Å². The Hall–Kier alpha value is -3.65. The molecule has 4 rings (SSSR count). The predicted molar refractivity (Wildman–Crippen MR) is 121 cm³/mol. The zero-order valence-electron chi connectivity index (χ0n) is 16.5. The number of methoxy groups -OCH3 is 2. The fourth-order valence-corrected chi connectivity index (χ4v) is 3.28. The van der Waals surface area contributed by atoms with E-state index in [1.54, 1.807) is 20.4 Å². The predicted octanol–water partition coefficient (Wildman–Crippen LogP) is 4.45. The van der Waals surface area contributed by atoms with Crippen molar-refractivity contribution in [2.75, 3.05) is 19.5 Å². The van der Waals surface area contributed by atoms with Crippen molar-refractivity contribution < 1.29 is 13.9 Å². The van der Waals surface area contributed by atoms with E-state index in [9.17, 15) is 0 Å². The van der Waals surface area contributed by atoms with Gasteiger partial charge in [0.15, 0.2) is 27.8 Å². The lowest BCUT2D eigenvalue weighted by Gasteiger charge is -2.15. The highest BCUT2D eigenvalue weighted by molar-refractivity contribution is 7.80. The lowest BCUT2D eigenvalue weighted by atomic mass is 10.1. The van der Waals surface area contributed by atoms with Crippen molar-refractivity contribution in [2.24, 2.45) is 0 Å². The number of aromatic nitrogens is 2. The number of fused-ring (bicyclic) bond motifs is 1. The summed E-state index contributed by atoms with van der Waals surface area (Å²) in [5, 5.41) is 6.86. The first kappa shape index (κ1) is 19.7. The number of ether oxygens (including phenoxy) is 2. The van der Waals surface area contributed by atoms with E-state index in [0.717, 1.165) is 17.0 Å². The van der Waals surface area contributed by atoms with Crippen molar-refractivity contribution in [1.29, 1.82) is 0 Å². The largest absolute Gasteiger partial charge is 0.493 e. The van der Waals surface area contributed by atoms with Gasteiger partial charge in [0, 0.05) is 35.6 Å². The monoisotopic (exact) mass is 420 g/mol. The van der Waals surface area contributed by atoms with E-state index in [2.05, 4.69) is 20.6 Å². The van der Waals surface area contributed by atoms with Gasteiger partial charge in [0.25, 0.3) is 0 Å². The van der Waals surface area contributed by atoms with Crippen molar-refractivity contribution in [1.82, 2.24) is 15.3 Å². The summed E-state index contributed by atoms with van der Waals surface area (Å²) < 4.78 is 16.5. The second-order valence-electron chi connectivity index (χ2n) is 6.44. The minimum atomic E-state index is 0.461. The smallest absolute Gasteiger partial charge is 0.225 e. The number of hydrogen-bond donors (Lipinski definition) is 2. The van der Waals surface area contributed by atoms with E-state index in [1.165, 1.54) is 0 Å². The number of benzene rings is 1. The molecule has 30 heavy (non-hydrogen) atoms. The molecule has 3 aromatic rings. The van der Waals surface area contributed by atoms with Gasteiger partial charge in [-0.1, -0.05) is 18.2 Å². The Morgan fingerprint density at radius 3 is 2.70 bits per heavy atom. The summed E-state index contributed by atoms with van der Waals surface area (Å²) in [6, 6.07) is 9.19.